The van der Waals surface area contributed by atoms with E-state index in [4.69, 9.17) is 4.42 Å². The topological polar surface area (TPSA) is 109 Å². The van der Waals surface area contributed by atoms with Gasteiger partial charge in [0.1, 0.15) is 0 Å². The molecule has 2 amide bonds. The summed E-state index contributed by atoms with van der Waals surface area (Å²) >= 11 is 0. The van der Waals surface area contributed by atoms with Crippen molar-refractivity contribution in [2.45, 2.75) is 37.5 Å². The highest BCUT2D eigenvalue weighted by Gasteiger charge is 2.28. The van der Waals surface area contributed by atoms with Gasteiger partial charge < -0.3 is 15.1 Å². The SMILES string of the molecule is CC1CCCN(S(=O)(=O)c2ccc(NC(=O)CCCNC(=O)c3ccco3)cc2)C1. The standard InChI is InChI=1S/C21H27N3O5S/c1-16-5-3-13-24(15-16)30(27,28)18-10-8-17(9-11-18)23-20(25)7-2-12-22-21(26)19-6-4-14-29-19/h4,6,8-11,14,16H,2-3,5,7,12-13,15H2,1H3,(H,22,26)(H,23,25). The normalized spacial score (nSPS) is 17.4. The highest BCUT2D eigenvalue weighted by atomic mass is 32.2. The van der Waals surface area contributed by atoms with Gasteiger partial charge in [0.25, 0.3) is 5.91 Å². The molecule has 1 unspecified atom stereocenters. The molecule has 2 N–H and O–H groups in total. The fraction of sp³-hybridized carbons (Fsp3) is 0.429. The van der Waals surface area contributed by atoms with Crippen molar-refractivity contribution in [3.05, 3.63) is 48.4 Å². The number of carbonyl (C=O) groups is 2. The Bertz CT molecular complexity index is 955. The number of hydrogen-bond donors (Lipinski definition) is 2. The molecule has 30 heavy (non-hydrogen) atoms. The minimum Gasteiger partial charge on any atom is -0.459 e. The lowest BCUT2D eigenvalue weighted by Gasteiger charge is -2.30. The second-order valence-corrected chi connectivity index (χ2v) is 9.46. The van der Waals surface area contributed by atoms with E-state index in [2.05, 4.69) is 17.6 Å². The molecule has 0 spiro atoms. The zero-order valence-electron chi connectivity index (χ0n) is 17.0. The number of nitrogens with zero attached hydrogens (tertiary/aromatic N) is 1. The molecule has 0 radical (unpaired) electrons. The Kier molecular flexibility index (Phi) is 7.28. The predicted molar refractivity (Wildman–Crippen MR) is 113 cm³/mol. The molecule has 1 saturated heterocycles. The van der Waals surface area contributed by atoms with Gasteiger partial charge in [-0.05, 0) is 61.6 Å². The lowest BCUT2D eigenvalue weighted by atomic mass is 10.0. The van der Waals surface area contributed by atoms with E-state index in [1.54, 1.807) is 24.3 Å². The molecule has 1 atom stereocenters. The lowest BCUT2D eigenvalue weighted by molar-refractivity contribution is -0.116. The third kappa shape index (κ3) is 5.70. The van der Waals surface area contributed by atoms with Crippen LogP contribution in [0.25, 0.3) is 0 Å². The first-order chi connectivity index (χ1) is 14.4. The Morgan fingerprint density at radius 3 is 2.63 bits per heavy atom. The zero-order valence-corrected chi connectivity index (χ0v) is 17.8. The number of carbonyl (C=O) groups excluding carboxylic acids is 2. The van der Waals surface area contributed by atoms with Gasteiger partial charge in [-0.3, -0.25) is 9.59 Å². The van der Waals surface area contributed by atoms with Gasteiger partial charge in [-0.25, -0.2) is 8.42 Å². The predicted octanol–water partition coefficient (Wildman–Crippen LogP) is 2.85. The zero-order chi connectivity index (χ0) is 21.6. The van der Waals surface area contributed by atoms with Crippen LogP contribution >= 0.6 is 0 Å². The monoisotopic (exact) mass is 433 g/mol. The molecular formula is C21H27N3O5S. The fourth-order valence-corrected chi connectivity index (χ4v) is 4.99. The summed E-state index contributed by atoms with van der Waals surface area (Å²) in [6.07, 6.45) is 4.04. The van der Waals surface area contributed by atoms with Crippen molar-refractivity contribution in [1.29, 1.82) is 0 Å². The van der Waals surface area contributed by atoms with Crippen LogP contribution in [0, 0.1) is 5.92 Å². The number of piperidine rings is 1. The average molecular weight is 434 g/mol. The highest BCUT2D eigenvalue weighted by molar-refractivity contribution is 7.89. The van der Waals surface area contributed by atoms with Gasteiger partial charge >= 0.3 is 0 Å². The summed E-state index contributed by atoms with van der Waals surface area (Å²) in [5.74, 6) is 0.0625. The minimum atomic E-state index is -3.51. The number of rotatable bonds is 8. The number of sulfonamides is 1. The van der Waals surface area contributed by atoms with Crippen molar-refractivity contribution in [2.75, 3.05) is 25.0 Å². The van der Waals surface area contributed by atoms with Crippen molar-refractivity contribution in [3.63, 3.8) is 0 Å². The molecule has 2 heterocycles. The van der Waals surface area contributed by atoms with Crippen LogP contribution < -0.4 is 10.6 Å². The summed E-state index contributed by atoms with van der Waals surface area (Å²) in [4.78, 5) is 24.0. The van der Waals surface area contributed by atoms with E-state index < -0.39 is 10.0 Å². The summed E-state index contributed by atoms with van der Waals surface area (Å²) in [5.41, 5.74) is 0.533. The van der Waals surface area contributed by atoms with E-state index >= 15 is 0 Å². The Labute approximate surface area is 176 Å². The van der Waals surface area contributed by atoms with Crippen LogP contribution in [0.5, 0.6) is 0 Å². The van der Waals surface area contributed by atoms with Crippen LogP contribution in [0.1, 0.15) is 43.2 Å². The molecule has 9 heteroatoms. The largest absolute Gasteiger partial charge is 0.459 e. The maximum atomic E-state index is 12.8. The summed E-state index contributed by atoms with van der Waals surface area (Å²) in [7, 11) is -3.51. The molecule has 0 bridgehead atoms. The van der Waals surface area contributed by atoms with Crippen LogP contribution in [-0.2, 0) is 14.8 Å². The third-order valence-corrected chi connectivity index (χ3v) is 6.89. The van der Waals surface area contributed by atoms with Crippen molar-refractivity contribution in [3.8, 4) is 0 Å². The summed E-state index contributed by atoms with van der Waals surface area (Å²) in [5, 5.41) is 5.42. The third-order valence-electron chi connectivity index (χ3n) is 5.01. The molecule has 0 aliphatic carbocycles. The summed E-state index contributed by atoms with van der Waals surface area (Å²) < 4.78 is 32.1. The molecule has 1 fully saturated rings. The first-order valence-corrected chi connectivity index (χ1v) is 11.5. The summed E-state index contributed by atoms with van der Waals surface area (Å²) in [6.45, 7) is 3.49. The van der Waals surface area contributed by atoms with Gasteiger partial charge in [-0.1, -0.05) is 6.92 Å². The maximum Gasteiger partial charge on any atom is 0.286 e. The van der Waals surface area contributed by atoms with Crippen molar-refractivity contribution < 1.29 is 22.4 Å². The first-order valence-electron chi connectivity index (χ1n) is 10.1. The molecule has 2 aromatic rings. The molecule has 1 aromatic heterocycles. The number of furan rings is 1. The van der Waals surface area contributed by atoms with Gasteiger partial charge in [0.15, 0.2) is 5.76 Å². The Balaban J connectivity index is 1.45. The van der Waals surface area contributed by atoms with Crippen LogP contribution in [0.2, 0.25) is 0 Å². The van der Waals surface area contributed by atoms with Crippen LogP contribution in [0.15, 0.2) is 52.0 Å². The number of amides is 2. The number of benzene rings is 1. The quantitative estimate of drug-likeness (QED) is 0.622. The van der Waals surface area contributed by atoms with Crippen LogP contribution in [0.3, 0.4) is 0 Å². The molecule has 1 aromatic carbocycles. The van der Waals surface area contributed by atoms with Gasteiger partial charge in [-0.15, -0.1) is 0 Å². The van der Waals surface area contributed by atoms with Crippen LogP contribution in [-0.4, -0.2) is 44.2 Å². The minimum absolute atomic E-state index is 0.206. The van der Waals surface area contributed by atoms with Crippen molar-refractivity contribution in [2.24, 2.45) is 5.92 Å². The van der Waals surface area contributed by atoms with E-state index in [9.17, 15) is 18.0 Å². The van der Waals surface area contributed by atoms with Gasteiger partial charge in [0.2, 0.25) is 15.9 Å². The molecule has 0 saturated carbocycles. The second kappa shape index (κ2) is 9.90. The highest BCUT2D eigenvalue weighted by Crippen LogP contribution is 2.24. The smallest absolute Gasteiger partial charge is 0.286 e. The molecule has 1 aliphatic rings. The second-order valence-electron chi connectivity index (χ2n) is 7.52. The Morgan fingerprint density at radius 1 is 1.20 bits per heavy atom. The summed E-state index contributed by atoms with van der Waals surface area (Å²) in [6, 6.07) is 9.43. The number of nitrogens with one attached hydrogen (secondary N) is 2. The van der Waals surface area contributed by atoms with Crippen molar-refractivity contribution in [1.82, 2.24) is 9.62 Å². The first kappa shape index (κ1) is 22.0. The van der Waals surface area contributed by atoms with E-state index in [0.717, 1.165) is 12.8 Å². The Morgan fingerprint density at radius 2 is 1.97 bits per heavy atom. The van der Waals surface area contributed by atoms with Gasteiger partial charge in [0, 0.05) is 31.7 Å². The number of hydrogen-bond acceptors (Lipinski definition) is 5. The van der Waals surface area contributed by atoms with E-state index in [-0.39, 0.29) is 28.9 Å². The average Bonchev–Trinajstić information content (AvgIpc) is 3.26. The fourth-order valence-electron chi connectivity index (χ4n) is 3.39. The lowest BCUT2D eigenvalue weighted by Crippen LogP contribution is -2.39. The van der Waals surface area contributed by atoms with E-state index in [0.29, 0.717) is 37.7 Å². The number of anilines is 1. The Hall–Kier alpha value is -2.65. The van der Waals surface area contributed by atoms with E-state index in [1.165, 1.54) is 22.7 Å². The van der Waals surface area contributed by atoms with Gasteiger partial charge in [-0.2, -0.15) is 4.31 Å². The van der Waals surface area contributed by atoms with Crippen LogP contribution in [0.4, 0.5) is 5.69 Å². The molecule has 1 aliphatic heterocycles. The molecule has 8 nitrogen and oxygen atoms in total. The maximum absolute atomic E-state index is 12.8. The van der Waals surface area contributed by atoms with Crippen molar-refractivity contribution >= 4 is 27.5 Å². The van der Waals surface area contributed by atoms with Gasteiger partial charge in [0.05, 0.1) is 11.2 Å². The molecular weight excluding hydrogens is 406 g/mol. The molecule has 162 valence electrons. The van der Waals surface area contributed by atoms with E-state index in [1.807, 2.05) is 0 Å². The molecule has 3 rings (SSSR count).